The Morgan fingerprint density at radius 1 is 1.14 bits per heavy atom. The lowest BCUT2D eigenvalue weighted by atomic mass is 10.2. The van der Waals surface area contributed by atoms with Crippen LogP contribution in [0.1, 0.15) is 25.2 Å². The fourth-order valence-corrected chi connectivity index (χ4v) is 2.28. The highest BCUT2D eigenvalue weighted by molar-refractivity contribution is 5.76. The monoisotopic (exact) mass is 282 g/mol. The number of aromatic nitrogens is 5. The van der Waals surface area contributed by atoms with Gasteiger partial charge in [-0.25, -0.2) is 9.97 Å². The van der Waals surface area contributed by atoms with Gasteiger partial charge in [0.15, 0.2) is 5.82 Å². The van der Waals surface area contributed by atoms with Crippen LogP contribution in [0.5, 0.6) is 0 Å². The average Bonchev–Trinajstić information content (AvgIpc) is 2.93. The topological polar surface area (TPSA) is 68.5 Å². The van der Waals surface area contributed by atoms with Crippen LogP contribution in [0.25, 0.3) is 16.9 Å². The molecular weight excluding hydrogens is 264 g/mol. The maximum atomic E-state index is 4.64. The van der Waals surface area contributed by atoms with Crippen LogP contribution >= 0.6 is 0 Å². The van der Waals surface area contributed by atoms with Crippen LogP contribution in [-0.2, 0) is 6.42 Å². The number of aryl methyl sites for hydroxylation is 1. The molecule has 0 aliphatic carbocycles. The van der Waals surface area contributed by atoms with Crippen molar-refractivity contribution in [3.8, 4) is 5.82 Å². The van der Waals surface area contributed by atoms with E-state index < -0.39 is 0 Å². The van der Waals surface area contributed by atoms with E-state index in [4.69, 9.17) is 0 Å². The van der Waals surface area contributed by atoms with E-state index in [0.717, 1.165) is 47.0 Å². The van der Waals surface area contributed by atoms with Crippen LogP contribution in [-0.4, -0.2) is 31.5 Å². The normalized spacial score (nSPS) is 11.0. The quantitative estimate of drug-likeness (QED) is 0.796. The molecule has 6 nitrogen and oxygen atoms in total. The lowest BCUT2D eigenvalue weighted by Gasteiger charge is -2.12. The third-order valence-electron chi connectivity index (χ3n) is 3.38. The van der Waals surface area contributed by atoms with E-state index in [1.54, 1.807) is 4.68 Å². The maximum absolute atomic E-state index is 4.64. The summed E-state index contributed by atoms with van der Waals surface area (Å²) in [6.07, 6.45) is 0.776. The number of hydrogen-bond acceptors (Lipinski definition) is 5. The van der Waals surface area contributed by atoms with Gasteiger partial charge in [0.25, 0.3) is 0 Å². The predicted octanol–water partition coefficient (Wildman–Crippen LogP) is 2.51. The number of rotatable bonds is 4. The number of benzene rings is 1. The standard InChI is InChI=1S/C15H18N6/c1-4-13-17-14(16-5-2)10(3)15(18-13)21-12-9-7-6-8-11(12)19-20-21/h6-9H,4-5H2,1-3H3,(H,16,17,18). The van der Waals surface area contributed by atoms with Gasteiger partial charge in [0.2, 0.25) is 0 Å². The molecule has 0 saturated heterocycles. The maximum Gasteiger partial charge on any atom is 0.164 e. The van der Waals surface area contributed by atoms with Gasteiger partial charge in [-0.2, -0.15) is 4.68 Å². The first kappa shape index (κ1) is 13.5. The van der Waals surface area contributed by atoms with Crippen molar-refractivity contribution in [2.45, 2.75) is 27.2 Å². The van der Waals surface area contributed by atoms with Crippen LogP contribution in [0.2, 0.25) is 0 Å². The van der Waals surface area contributed by atoms with Crippen LogP contribution in [0.4, 0.5) is 5.82 Å². The highest BCUT2D eigenvalue weighted by atomic mass is 15.4. The van der Waals surface area contributed by atoms with Crippen molar-refractivity contribution in [3.05, 3.63) is 35.7 Å². The molecule has 0 saturated carbocycles. The van der Waals surface area contributed by atoms with Crippen LogP contribution in [0.15, 0.2) is 24.3 Å². The van der Waals surface area contributed by atoms with E-state index in [9.17, 15) is 0 Å². The second kappa shape index (κ2) is 5.47. The van der Waals surface area contributed by atoms with Crippen LogP contribution < -0.4 is 5.32 Å². The largest absolute Gasteiger partial charge is 0.370 e. The smallest absolute Gasteiger partial charge is 0.164 e. The van der Waals surface area contributed by atoms with Crippen LogP contribution in [0, 0.1) is 6.92 Å². The minimum Gasteiger partial charge on any atom is -0.370 e. The van der Waals surface area contributed by atoms with E-state index in [1.165, 1.54) is 0 Å². The van der Waals surface area contributed by atoms with Crippen molar-refractivity contribution in [1.82, 2.24) is 25.0 Å². The Balaban J connectivity index is 2.23. The molecule has 2 heterocycles. The molecule has 3 rings (SSSR count). The Morgan fingerprint density at radius 2 is 1.95 bits per heavy atom. The minimum absolute atomic E-state index is 0.776. The number of nitrogens with one attached hydrogen (secondary N) is 1. The molecule has 0 aliphatic rings. The summed E-state index contributed by atoms with van der Waals surface area (Å²) in [5, 5.41) is 11.7. The van der Waals surface area contributed by atoms with Gasteiger partial charge in [0, 0.05) is 18.5 Å². The highest BCUT2D eigenvalue weighted by Gasteiger charge is 2.14. The molecule has 0 fully saturated rings. The highest BCUT2D eigenvalue weighted by Crippen LogP contribution is 2.22. The Hall–Kier alpha value is -2.50. The van der Waals surface area contributed by atoms with Crippen molar-refractivity contribution in [1.29, 1.82) is 0 Å². The summed E-state index contributed by atoms with van der Waals surface area (Å²) in [6.45, 7) is 6.92. The Bertz CT molecular complexity index is 777. The second-order valence-electron chi connectivity index (χ2n) is 4.81. The summed E-state index contributed by atoms with van der Waals surface area (Å²) >= 11 is 0. The van der Waals surface area contributed by atoms with Gasteiger partial charge >= 0.3 is 0 Å². The van der Waals surface area contributed by atoms with Crippen molar-refractivity contribution < 1.29 is 0 Å². The van der Waals surface area contributed by atoms with E-state index in [1.807, 2.05) is 38.1 Å². The molecule has 0 radical (unpaired) electrons. The Morgan fingerprint density at radius 3 is 2.71 bits per heavy atom. The molecular formula is C15H18N6. The molecule has 1 aromatic carbocycles. The van der Waals surface area contributed by atoms with Crippen molar-refractivity contribution in [2.24, 2.45) is 0 Å². The molecule has 0 atom stereocenters. The molecule has 0 amide bonds. The number of anilines is 1. The third kappa shape index (κ3) is 2.33. The fraction of sp³-hybridized carbons (Fsp3) is 0.333. The van der Waals surface area contributed by atoms with E-state index in [0.29, 0.717) is 0 Å². The zero-order valence-corrected chi connectivity index (χ0v) is 12.5. The summed E-state index contributed by atoms with van der Waals surface area (Å²) in [4.78, 5) is 9.18. The van der Waals surface area contributed by atoms with E-state index in [2.05, 4.69) is 32.5 Å². The molecule has 3 aromatic rings. The summed E-state index contributed by atoms with van der Waals surface area (Å²) in [5.74, 6) is 2.44. The fourth-order valence-electron chi connectivity index (χ4n) is 2.28. The van der Waals surface area contributed by atoms with Gasteiger partial charge in [0.1, 0.15) is 17.2 Å². The summed E-state index contributed by atoms with van der Waals surface area (Å²) in [6, 6.07) is 7.87. The van der Waals surface area contributed by atoms with Gasteiger partial charge in [0.05, 0.1) is 5.52 Å². The van der Waals surface area contributed by atoms with Crippen molar-refractivity contribution in [3.63, 3.8) is 0 Å². The molecule has 0 bridgehead atoms. The SMILES string of the molecule is CCNc1nc(CC)nc(-n2nnc3ccccc32)c1C. The van der Waals surface area contributed by atoms with E-state index >= 15 is 0 Å². The van der Waals surface area contributed by atoms with Gasteiger partial charge in [-0.1, -0.05) is 24.3 Å². The Labute approximate surface area is 123 Å². The summed E-state index contributed by atoms with van der Waals surface area (Å²) in [5.41, 5.74) is 2.78. The number of fused-ring (bicyclic) bond motifs is 1. The molecule has 1 N–H and O–H groups in total. The first-order chi connectivity index (χ1) is 10.2. The lowest BCUT2D eigenvalue weighted by Crippen LogP contribution is -2.11. The number of hydrogen-bond donors (Lipinski definition) is 1. The molecule has 108 valence electrons. The number of nitrogens with zero attached hydrogens (tertiary/aromatic N) is 5. The van der Waals surface area contributed by atoms with Crippen molar-refractivity contribution >= 4 is 16.9 Å². The van der Waals surface area contributed by atoms with Gasteiger partial charge in [-0.15, -0.1) is 5.10 Å². The molecule has 2 aromatic heterocycles. The van der Waals surface area contributed by atoms with Gasteiger partial charge in [-0.3, -0.25) is 0 Å². The molecule has 6 heteroatoms. The van der Waals surface area contributed by atoms with Gasteiger partial charge < -0.3 is 5.32 Å². The molecule has 0 spiro atoms. The second-order valence-corrected chi connectivity index (χ2v) is 4.81. The summed E-state index contributed by atoms with van der Waals surface area (Å²) < 4.78 is 1.78. The van der Waals surface area contributed by atoms with Gasteiger partial charge in [-0.05, 0) is 26.0 Å². The third-order valence-corrected chi connectivity index (χ3v) is 3.38. The predicted molar refractivity (Wildman–Crippen MR) is 82.7 cm³/mol. The Kier molecular flexibility index (Phi) is 3.51. The molecule has 0 unspecified atom stereocenters. The average molecular weight is 282 g/mol. The zero-order valence-electron chi connectivity index (χ0n) is 12.5. The molecule has 0 aliphatic heterocycles. The van der Waals surface area contributed by atoms with Crippen LogP contribution in [0.3, 0.4) is 0 Å². The zero-order chi connectivity index (χ0) is 14.8. The first-order valence-corrected chi connectivity index (χ1v) is 7.16. The van der Waals surface area contributed by atoms with Crippen molar-refractivity contribution in [2.75, 3.05) is 11.9 Å². The first-order valence-electron chi connectivity index (χ1n) is 7.16. The van der Waals surface area contributed by atoms with E-state index in [-0.39, 0.29) is 0 Å². The number of para-hydroxylation sites is 1. The lowest BCUT2D eigenvalue weighted by molar-refractivity contribution is 0.774. The minimum atomic E-state index is 0.776. The molecule has 21 heavy (non-hydrogen) atoms. The summed E-state index contributed by atoms with van der Waals surface area (Å²) in [7, 11) is 0.